The van der Waals surface area contributed by atoms with Crippen molar-refractivity contribution in [1.82, 2.24) is 0 Å². The Morgan fingerprint density at radius 2 is 1.43 bits per heavy atom. The van der Waals surface area contributed by atoms with Crippen LogP contribution < -0.4 is 0 Å². The molecule has 0 aromatic carbocycles. The maximum absolute atomic E-state index is 11.0. The van der Waals surface area contributed by atoms with E-state index in [-0.39, 0.29) is 5.92 Å². The first-order valence-corrected chi connectivity index (χ1v) is 9.40. The smallest absolute Gasteiger partial charge is 0.306 e. The van der Waals surface area contributed by atoms with Gasteiger partial charge in [0, 0.05) is 0 Å². The van der Waals surface area contributed by atoms with Crippen LogP contribution in [0.25, 0.3) is 0 Å². The molecule has 0 saturated carbocycles. The zero-order chi connectivity index (χ0) is 17.2. The lowest BCUT2D eigenvalue weighted by Gasteiger charge is -2.10. The first kappa shape index (κ1) is 21.7. The molecule has 1 unspecified atom stereocenters. The van der Waals surface area contributed by atoms with Gasteiger partial charge in [0.1, 0.15) is 0 Å². The van der Waals surface area contributed by atoms with Crippen LogP contribution in [0.1, 0.15) is 84.5 Å². The summed E-state index contributed by atoms with van der Waals surface area (Å²) in [4.78, 5) is 11.0. The van der Waals surface area contributed by atoms with Crippen molar-refractivity contribution in [2.24, 2.45) is 5.92 Å². The van der Waals surface area contributed by atoms with Crippen LogP contribution in [-0.2, 0) is 4.79 Å². The molecule has 0 radical (unpaired) electrons. The molecule has 0 fully saturated rings. The second kappa shape index (κ2) is 17.1. The second-order valence-corrected chi connectivity index (χ2v) is 6.11. The predicted molar refractivity (Wildman–Crippen MR) is 101 cm³/mol. The maximum Gasteiger partial charge on any atom is 0.306 e. The summed E-state index contributed by atoms with van der Waals surface area (Å²) in [5.74, 6) is -0.744. The molecular formula is C21H36O2. The van der Waals surface area contributed by atoms with E-state index < -0.39 is 5.97 Å². The minimum atomic E-state index is -0.618. The highest BCUT2D eigenvalue weighted by Gasteiger charge is 2.14. The standard InChI is InChI=1S/C21H36O2/c1-3-5-6-7-8-9-10-11-12-13-14-15-16-17-19-20(18-4-2)21(22)23/h5-6,8-9,11-12,20H,3-4,7,10,13-19H2,1-2H3,(H,22,23)/b6-5-,9-8-,12-11-. The Bertz CT molecular complexity index is 353. The first-order chi connectivity index (χ1) is 11.2. The van der Waals surface area contributed by atoms with E-state index in [0.29, 0.717) is 0 Å². The third-order valence-corrected chi connectivity index (χ3v) is 3.94. The number of hydrogen-bond donors (Lipinski definition) is 1. The van der Waals surface area contributed by atoms with Gasteiger partial charge in [0.2, 0.25) is 0 Å². The van der Waals surface area contributed by atoms with Crippen LogP contribution in [0.4, 0.5) is 0 Å². The third kappa shape index (κ3) is 15.4. The fourth-order valence-corrected chi connectivity index (χ4v) is 2.57. The highest BCUT2D eigenvalue weighted by Crippen LogP contribution is 2.16. The van der Waals surface area contributed by atoms with Crippen molar-refractivity contribution >= 4 is 5.97 Å². The Morgan fingerprint density at radius 1 is 0.826 bits per heavy atom. The van der Waals surface area contributed by atoms with Crippen LogP contribution in [-0.4, -0.2) is 11.1 Å². The average Bonchev–Trinajstić information content (AvgIpc) is 2.54. The van der Waals surface area contributed by atoms with Crippen LogP contribution >= 0.6 is 0 Å². The summed E-state index contributed by atoms with van der Waals surface area (Å²) in [6.07, 6.45) is 24.9. The number of aliphatic carboxylic acids is 1. The molecule has 132 valence electrons. The zero-order valence-electron chi connectivity index (χ0n) is 15.2. The van der Waals surface area contributed by atoms with Crippen LogP contribution in [0.3, 0.4) is 0 Å². The molecule has 0 aliphatic carbocycles. The lowest BCUT2D eigenvalue weighted by Crippen LogP contribution is -2.13. The van der Waals surface area contributed by atoms with E-state index in [1.165, 1.54) is 12.8 Å². The van der Waals surface area contributed by atoms with Crippen molar-refractivity contribution < 1.29 is 9.90 Å². The van der Waals surface area contributed by atoms with Crippen LogP contribution in [0.5, 0.6) is 0 Å². The highest BCUT2D eigenvalue weighted by atomic mass is 16.4. The molecule has 2 nitrogen and oxygen atoms in total. The molecule has 23 heavy (non-hydrogen) atoms. The molecule has 1 atom stereocenters. The minimum Gasteiger partial charge on any atom is -0.481 e. The second-order valence-electron chi connectivity index (χ2n) is 6.11. The Labute approximate surface area is 143 Å². The highest BCUT2D eigenvalue weighted by molar-refractivity contribution is 5.69. The lowest BCUT2D eigenvalue weighted by atomic mass is 9.96. The number of rotatable bonds is 15. The molecule has 0 aliphatic heterocycles. The van der Waals surface area contributed by atoms with Gasteiger partial charge in [-0.25, -0.2) is 0 Å². The summed E-state index contributed by atoms with van der Waals surface area (Å²) in [6.45, 7) is 4.21. The zero-order valence-corrected chi connectivity index (χ0v) is 15.2. The molecule has 0 aromatic rings. The molecule has 0 aromatic heterocycles. The third-order valence-electron chi connectivity index (χ3n) is 3.94. The molecule has 0 spiro atoms. The van der Waals surface area contributed by atoms with Gasteiger partial charge in [0.05, 0.1) is 5.92 Å². The number of allylic oxidation sites excluding steroid dienone is 6. The fraction of sp³-hybridized carbons (Fsp3) is 0.667. The van der Waals surface area contributed by atoms with Crippen molar-refractivity contribution in [1.29, 1.82) is 0 Å². The molecule has 0 aliphatic rings. The predicted octanol–water partition coefficient (Wildman–Crippen LogP) is 6.69. The topological polar surface area (TPSA) is 37.3 Å². The number of unbranched alkanes of at least 4 members (excludes halogenated alkanes) is 4. The average molecular weight is 321 g/mol. The number of carboxylic acid groups (broad SMARTS) is 1. The van der Waals surface area contributed by atoms with Gasteiger partial charge in [0.25, 0.3) is 0 Å². The van der Waals surface area contributed by atoms with Gasteiger partial charge in [-0.2, -0.15) is 0 Å². The van der Waals surface area contributed by atoms with Gasteiger partial charge in [-0.05, 0) is 44.9 Å². The van der Waals surface area contributed by atoms with Crippen molar-refractivity contribution in [3.05, 3.63) is 36.5 Å². The fourth-order valence-electron chi connectivity index (χ4n) is 2.57. The molecule has 0 bridgehead atoms. The first-order valence-electron chi connectivity index (χ1n) is 9.40. The summed E-state index contributed by atoms with van der Waals surface area (Å²) < 4.78 is 0. The summed E-state index contributed by atoms with van der Waals surface area (Å²) in [5.41, 5.74) is 0. The molecule has 0 saturated heterocycles. The van der Waals surface area contributed by atoms with E-state index in [9.17, 15) is 4.79 Å². The van der Waals surface area contributed by atoms with E-state index in [1.54, 1.807) is 0 Å². The van der Waals surface area contributed by atoms with Gasteiger partial charge in [-0.3, -0.25) is 4.79 Å². The van der Waals surface area contributed by atoms with E-state index >= 15 is 0 Å². The van der Waals surface area contributed by atoms with Gasteiger partial charge < -0.3 is 5.11 Å². The number of hydrogen-bond acceptors (Lipinski definition) is 1. The Hall–Kier alpha value is -1.31. The molecule has 0 amide bonds. The molecule has 0 rings (SSSR count). The largest absolute Gasteiger partial charge is 0.481 e. The molecule has 1 N–H and O–H groups in total. The van der Waals surface area contributed by atoms with Crippen molar-refractivity contribution in [3.63, 3.8) is 0 Å². The summed E-state index contributed by atoms with van der Waals surface area (Å²) in [5, 5.41) is 9.09. The minimum absolute atomic E-state index is 0.126. The van der Waals surface area contributed by atoms with E-state index in [4.69, 9.17) is 5.11 Å². The van der Waals surface area contributed by atoms with E-state index in [0.717, 1.165) is 57.8 Å². The Balaban J connectivity index is 3.46. The number of carbonyl (C=O) groups is 1. The van der Waals surface area contributed by atoms with Crippen molar-refractivity contribution in [2.45, 2.75) is 84.5 Å². The Morgan fingerprint density at radius 3 is 2.04 bits per heavy atom. The summed E-state index contributed by atoms with van der Waals surface area (Å²) in [6, 6.07) is 0. The molecule has 2 heteroatoms. The van der Waals surface area contributed by atoms with Crippen molar-refractivity contribution in [3.8, 4) is 0 Å². The lowest BCUT2D eigenvalue weighted by molar-refractivity contribution is -0.142. The van der Waals surface area contributed by atoms with Crippen molar-refractivity contribution in [2.75, 3.05) is 0 Å². The van der Waals surface area contributed by atoms with E-state index in [1.807, 2.05) is 0 Å². The molecule has 0 heterocycles. The van der Waals surface area contributed by atoms with E-state index in [2.05, 4.69) is 50.3 Å². The quantitative estimate of drug-likeness (QED) is 0.270. The summed E-state index contributed by atoms with van der Waals surface area (Å²) >= 11 is 0. The molecular weight excluding hydrogens is 284 g/mol. The Kier molecular flexibility index (Phi) is 16.1. The maximum atomic E-state index is 11.0. The number of carboxylic acids is 1. The van der Waals surface area contributed by atoms with Crippen LogP contribution in [0.15, 0.2) is 36.5 Å². The van der Waals surface area contributed by atoms with Gasteiger partial charge in [0.15, 0.2) is 0 Å². The van der Waals surface area contributed by atoms with Gasteiger partial charge in [-0.1, -0.05) is 76.0 Å². The summed E-state index contributed by atoms with van der Waals surface area (Å²) in [7, 11) is 0. The van der Waals surface area contributed by atoms with Gasteiger partial charge >= 0.3 is 5.97 Å². The SMILES string of the molecule is CC/C=C\C/C=C\C/C=C\CCCCCCC(CCC)C(=O)O. The monoisotopic (exact) mass is 320 g/mol. The van der Waals surface area contributed by atoms with Crippen LogP contribution in [0.2, 0.25) is 0 Å². The van der Waals surface area contributed by atoms with Crippen LogP contribution in [0, 0.1) is 5.92 Å². The van der Waals surface area contributed by atoms with Gasteiger partial charge in [-0.15, -0.1) is 0 Å². The normalized spacial score (nSPS) is 13.5.